The molecule has 0 aromatic heterocycles. The smallest absolute Gasteiger partial charge is 0.434 e. The van der Waals surface area contributed by atoms with E-state index in [9.17, 15) is 30.4 Å². The Labute approximate surface area is 159 Å². The van der Waals surface area contributed by atoms with E-state index < -0.39 is 40.2 Å². The van der Waals surface area contributed by atoms with E-state index in [1.165, 1.54) is 30.3 Å². The minimum Gasteiger partial charge on any atom is -0.434 e. The van der Waals surface area contributed by atoms with E-state index in [1.807, 2.05) is 4.72 Å². The first-order valence-electron chi connectivity index (χ1n) is 7.05. The van der Waals surface area contributed by atoms with Crippen molar-refractivity contribution in [2.75, 3.05) is 0 Å². The second-order valence-electron chi connectivity index (χ2n) is 4.95. The zero-order valence-electron chi connectivity index (χ0n) is 13.1. The van der Waals surface area contributed by atoms with Gasteiger partial charge in [-0.25, -0.2) is 13.1 Å². The van der Waals surface area contributed by atoms with E-state index in [-0.39, 0.29) is 15.8 Å². The van der Waals surface area contributed by atoms with Crippen molar-refractivity contribution in [3.63, 3.8) is 0 Å². The molecule has 2 rings (SSSR count). The average Bonchev–Trinajstić information content (AvgIpc) is 2.52. The third-order valence-electron chi connectivity index (χ3n) is 3.06. The normalized spacial score (nSPS) is 12.3. The van der Waals surface area contributed by atoms with Crippen LogP contribution >= 0.6 is 15.9 Å². The Balaban J connectivity index is 2.28. The minimum absolute atomic E-state index is 0.0665. The van der Waals surface area contributed by atoms with Crippen molar-refractivity contribution >= 4 is 26.0 Å². The molecular formula is C15H11BrF5NO4S. The average molecular weight is 476 g/mol. The number of halogens is 6. The summed E-state index contributed by atoms with van der Waals surface area (Å²) in [7, 11) is -4.46. The van der Waals surface area contributed by atoms with Gasteiger partial charge in [-0.05, 0) is 24.3 Å². The van der Waals surface area contributed by atoms with E-state index >= 15 is 0 Å². The number of ether oxygens (including phenoxy) is 2. The topological polar surface area (TPSA) is 64.6 Å². The standard InChI is InChI=1S/C15H11BrF5NO4S/c16-10-5-6-13(12(7-10)26-15(19,20)21)27(23,24)22-8-9-3-1-2-4-11(9)25-14(17)18/h1-7,14,22H,8H2. The maximum Gasteiger partial charge on any atom is 0.573 e. The largest absolute Gasteiger partial charge is 0.573 e. The van der Waals surface area contributed by atoms with Gasteiger partial charge >= 0.3 is 13.0 Å². The highest BCUT2D eigenvalue weighted by Gasteiger charge is 2.34. The van der Waals surface area contributed by atoms with Crippen LogP contribution in [0.1, 0.15) is 5.56 Å². The highest BCUT2D eigenvalue weighted by Crippen LogP contribution is 2.32. The summed E-state index contributed by atoms with van der Waals surface area (Å²) >= 11 is 2.93. The van der Waals surface area contributed by atoms with Crippen molar-refractivity contribution in [1.29, 1.82) is 0 Å². The highest BCUT2D eigenvalue weighted by atomic mass is 79.9. The number of benzene rings is 2. The van der Waals surface area contributed by atoms with Crippen molar-refractivity contribution in [1.82, 2.24) is 4.72 Å². The predicted octanol–water partition coefficient (Wildman–Crippen LogP) is 4.43. The van der Waals surface area contributed by atoms with Crippen LogP contribution in [0, 0.1) is 0 Å². The fraction of sp³-hybridized carbons (Fsp3) is 0.200. The Kier molecular flexibility index (Phi) is 6.65. The molecule has 0 saturated heterocycles. The molecule has 0 heterocycles. The van der Waals surface area contributed by atoms with Crippen LogP contribution in [0.5, 0.6) is 11.5 Å². The molecule has 12 heteroatoms. The maximum atomic E-state index is 12.5. The molecule has 0 aliphatic rings. The van der Waals surface area contributed by atoms with Crippen LogP contribution in [0.15, 0.2) is 51.8 Å². The summed E-state index contributed by atoms with van der Waals surface area (Å²) in [6.07, 6.45) is -5.11. The zero-order chi connectivity index (χ0) is 20.2. The fourth-order valence-electron chi connectivity index (χ4n) is 2.02. The van der Waals surface area contributed by atoms with Crippen LogP contribution in [0.25, 0.3) is 0 Å². The lowest BCUT2D eigenvalue weighted by Crippen LogP contribution is -2.26. The van der Waals surface area contributed by atoms with E-state index in [4.69, 9.17) is 0 Å². The summed E-state index contributed by atoms with van der Waals surface area (Å²) in [6.45, 7) is -3.62. The van der Waals surface area contributed by atoms with Gasteiger partial charge in [-0.3, -0.25) is 0 Å². The van der Waals surface area contributed by atoms with Gasteiger partial charge < -0.3 is 9.47 Å². The van der Waals surface area contributed by atoms with Gasteiger partial charge in [-0.1, -0.05) is 34.1 Å². The molecule has 0 saturated carbocycles. The molecule has 0 fully saturated rings. The van der Waals surface area contributed by atoms with Crippen LogP contribution in [0.4, 0.5) is 22.0 Å². The van der Waals surface area contributed by atoms with E-state index in [1.54, 1.807) is 0 Å². The number of nitrogens with one attached hydrogen (secondary N) is 1. The lowest BCUT2D eigenvalue weighted by molar-refractivity contribution is -0.275. The molecule has 0 atom stereocenters. The van der Waals surface area contributed by atoms with Crippen LogP contribution < -0.4 is 14.2 Å². The van der Waals surface area contributed by atoms with Crippen LogP contribution in [0.2, 0.25) is 0 Å². The molecule has 2 aromatic carbocycles. The first-order chi connectivity index (χ1) is 12.5. The second-order valence-corrected chi connectivity index (χ2v) is 7.60. The number of hydrogen-bond donors (Lipinski definition) is 1. The Hall–Kier alpha value is -1.92. The molecule has 0 amide bonds. The molecule has 5 nitrogen and oxygen atoms in total. The minimum atomic E-state index is -5.11. The molecule has 0 bridgehead atoms. The number of rotatable bonds is 7. The SMILES string of the molecule is O=S(=O)(NCc1ccccc1OC(F)F)c1ccc(Br)cc1OC(F)(F)F. The maximum absolute atomic E-state index is 12.5. The number of sulfonamides is 1. The summed E-state index contributed by atoms with van der Waals surface area (Å²) in [4.78, 5) is -0.768. The summed E-state index contributed by atoms with van der Waals surface area (Å²) in [5, 5.41) is 0. The predicted molar refractivity (Wildman–Crippen MR) is 87.9 cm³/mol. The second kappa shape index (κ2) is 8.40. The molecule has 148 valence electrons. The molecular weight excluding hydrogens is 465 g/mol. The lowest BCUT2D eigenvalue weighted by atomic mass is 10.2. The van der Waals surface area contributed by atoms with E-state index in [0.717, 1.165) is 12.1 Å². The van der Waals surface area contributed by atoms with Gasteiger partial charge in [-0.2, -0.15) is 8.78 Å². The van der Waals surface area contributed by atoms with Crippen molar-refractivity contribution in [2.45, 2.75) is 24.4 Å². The van der Waals surface area contributed by atoms with Crippen molar-refractivity contribution in [3.8, 4) is 11.5 Å². The number of hydrogen-bond acceptors (Lipinski definition) is 4. The lowest BCUT2D eigenvalue weighted by Gasteiger charge is -2.15. The zero-order valence-corrected chi connectivity index (χ0v) is 15.5. The van der Waals surface area contributed by atoms with E-state index in [0.29, 0.717) is 0 Å². The van der Waals surface area contributed by atoms with Gasteiger partial charge in [0.2, 0.25) is 10.0 Å². The monoisotopic (exact) mass is 475 g/mol. The number of para-hydroxylation sites is 1. The third kappa shape index (κ3) is 6.33. The summed E-state index contributed by atoms with van der Waals surface area (Å²) in [5.41, 5.74) is 0.0665. The van der Waals surface area contributed by atoms with E-state index in [2.05, 4.69) is 25.4 Å². The fourth-order valence-corrected chi connectivity index (χ4v) is 3.47. The Morgan fingerprint density at radius 2 is 1.74 bits per heavy atom. The van der Waals surface area contributed by atoms with Crippen LogP contribution in [0.3, 0.4) is 0 Å². The molecule has 0 unspecified atom stereocenters. The molecule has 0 radical (unpaired) electrons. The molecule has 0 aliphatic carbocycles. The molecule has 2 aromatic rings. The van der Waals surface area contributed by atoms with Gasteiger partial charge in [0.1, 0.15) is 10.6 Å². The first kappa shape index (κ1) is 21.4. The highest BCUT2D eigenvalue weighted by molar-refractivity contribution is 9.10. The van der Waals surface area contributed by atoms with Gasteiger partial charge in [-0.15, -0.1) is 13.2 Å². The first-order valence-corrected chi connectivity index (χ1v) is 9.33. The Morgan fingerprint density at radius 1 is 1.07 bits per heavy atom. The molecule has 0 aliphatic heterocycles. The van der Waals surface area contributed by atoms with Gasteiger partial charge in [0.25, 0.3) is 0 Å². The van der Waals surface area contributed by atoms with Crippen LogP contribution in [-0.2, 0) is 16.6 Å². The molecule has 0 spiro atoms. The quantitative estimate of drug-likeness (QED) is 0.601. The van der Waals surface area contributed by atoms with Crippen molar-refractivity contribution in [3.05, 3.63) is 52.5 Å². The summed E-state index contributed by atoms with van der Waals surface area (Å²) in [5.74, 6) is -1.21. The van der Waals surface area contributed by atoms with Gasteiger partial charge in [0.05, 0.1) is 0 Å². The Bertz CT molecular complexity index is 905. The number of alkyl halides is 5. The molecule has 27 heavy (non-hydrogen) atoms. The summed E-state index contributed by atoms with van der Waals surface area (Å²) in [6, 6.07) is 8.36. The third-order valence-corrected chi connectivity index (χ3v) is 5.00. The summed E-state index contributed by atoms with van der Waals surface area (Å²) < 4.78 is 97.4. The Morgan fingerprint density at radius 3 is 2.37 bits per heavy atom. The van der Waals surface area contributed by atoms with Crippen LogP contribution in [-0.4, -0.2) is 21.4 Å². The van der Waals surface area contributed by atoms with Gasteiger partial charge in [0.15, 0.2) is 5.75 Å². The van der Waals surface area contributed by atoms with Crippen molar-refractivity contribution in [2.24, 2.45) is 0 Å². The molecule has 1 N–H and O–H groups in total. The van der Waals surface area contributed by atoms with Crippen molar-refractivity contribution < 1.29 is 39.8 Å². The van der Waals surface area contributed by atoms with Gasteiger partial charge in [0, 0.05) is 16.6 Å².